The van der Waals surface area contributed by atoms with Crippen molar-refractivity contribution in [3.05, 3.63) is 30.1 Å². The highest BCUT2D eigenvalue weighted by Gasteiger charge is 2.04. The van der Waals surface area contributed by atoms with E-state index in [0.29, 0.717) is 5.92 Å². The van der Waals surface area contributed by atoms with Gasteiger partial charge in [-0.3, -0.25) is 4.98 Å². The van der Waals surface area contributed by atoms with E-state index in [9.17, 15) is 0 Å². The number of hydrogen-bond donors (Lipinski definition) is 0. The summed E-state index contributed by atoms with van der Waals surface area (Å²) in [6.07, 6.45) is 3.62. The third-order valence-electron chi connectivity index (χ3n) is 2.32. The molecule has 0 saturated carbocycles. The van der Waals surface area contributed by atoms with E-state index in [4.69, 9.17) is 0 Å². The zero-order valence-electron chi connectivity index (χ0n) is 9.18. The van der Waals surface area contributed by atoms with E-state index in [2.05, 4.69) is 35.1 Å². The monoisotopic (exact) mass is 202 g/mol. The Hall–Kier alpha value is -1.71. The first-order valence-corrected chi connectivity index (χ1v) is 4.99. The maximum atomic E-state index is 4.37. The van der Waals surface area contributed by atoms with Crippen LogP contribution in [0.3, 0.4) is 0 Å². The van der Waals surface area contributed by atoms with Gasteiger partial charge in [-0.1, -0.05) is 19.9 Å². The van der Waals surface area contributed by atoms with Gasteiger partial charge in [0.2, 0.25) is 0 Å². The Morgan fingerprint density at radius 2 is 1.93 bits per heavy atom. The van der Waals surface area contributed by atoms with Gasteiger partial charge in [-0.25, -0.2) is 0 Å². The Labute approximate surface area is 89.0 Å². The summed E-state index contributed by atoms with van der Waals surface area (Å²) in [7, 11) is 1.80. The van der Waals surface area contributed by atoms with Crippen molar-refractivity contribution in [3.63, 3.8) is 0 Å². The van der Waals surface area contributed by atoms with Gasteiger partial charge in [-0.15, -0.1) is 0 Å². The lowest BCUT2D eigenvalue weighted by Crippen LogP contribution is -1.93. The molecule has 78 valence electrons. The van der Waals surface area contributed by atoms with Gasteiger partial charge in [-0.2, -0.15) is 15.0 Å². The number of pyridine rings is 1. The Bertz CT molecular complexity index is 442. The van der Waals surface area contributed by atoms with Crippen LogP contribution < -0.4 is 0 Å². The van der Waals surface area contributed by atoms with Crippen molar-refractivity contribution in [3.8, 4) is 11.4 Å². The number of hydrogen-bond acceptors (Lipinski definition) is 3. The molecule has 0 bridgehead atoms. The molecule has 2 aromatic rings. The first kappa shape index (κ1) is 9.83. The number of aromatic nitrogens is 4. The minimum atomic E-state index is 0.508. The molecule has 0 spiro atoms. The molecule has 0 aliphatic heterocycles. The highest BCUT2D eigenvalue weighted by molar-refractivity contribution is 5.52. The van der Waals surface area contributed by atoms with Crippen molar-refractivity contribution in [2.24, 2.45) is 7.05 Å². The van der Waals surface area contributed by atoms with Crippen molar-refractivity contribution in [1.82, 2.24) is 20.0 Å². The minimum Gasteiger partial charge on any atom is -0.254 e. The molecule has 2 rings (SSSR count). The molecule has 4 heteroatoms. The van der Waals surface area contributed by atoms with Gasteiger partial charge in [0, 0.05) is 13.2 Å². The van der Waals surface area contributed by atoms with E-state index in [0.717, 1.165) is 11.4 Å². The Balaban J connectivity index is 2.31. The summed E-state index contributed by atoms with van der Waals surface area (Å²) in [5, 5.41) is 8.21. The topological polar surface area (TPSA) is 43.6 Å². The third kappa shape index (κ3) is 2.03. The van der Waals surface area contributed by atoms with Crippen LogP contribution in [0.25, 0.3) is 11.4 Å². The lowest BCUT2D eigenvalue weighted by atomic mass is 10.1. The second-order valence-corrected chi connectivity index (χ2v) is 3.85. The predicted octanol–water partition coefficient (Wildman–Crippen LogP) is 2.00. The zero-order chi connectivity index (χ0) is 10.8. The van der Waals surface area contributed by atoms with Gasteiger partial charge in [0.1, 0.15) is 5.69 Å². The molecule has 0 N–H and O–H groups in total. The van der Waals surface area contributed by atoms with Crippen molar-refractivity contribution in [1.29, 1.82) is 0 Å². The van der Waals surface area contributed by atoms with Crippen LogP contribution in [0.4, 0.5) is 0 Å². The molecular formula is C11H14N4. The molecule has 2 heterocycles. The average Bonchev–Trinajstić information content (AvgIpc) is 2.65. The highest BCUT2D eigenvalue weighted by atomic mass is 15.4. The average molecular weight is 202 g/mol. The first-order chi connectivity index (χ1) is 7.16. The standard InChI is InChI=1S/C11H14N4/c1-8(2)9-4-5-10(12-6-9)11-7-13-15(3)14-11/h4-8H,1-3H3. The third-order valence-corrected chi connectivity index (χ3v) is 2.32. The van der Waals surface area contributed by atoms with E-state index in [1.165, 1.54) is 10.4 Å². The molecule has 15 heavy (non-hydrogen) atoms. The van der Waals surface area contributed by atoms with Crippen LogP contribution in [0.1, 0.15) is 25.3 Å². The number of aryl methyl sites for hydroxylation is 1. The summed E-state index contributed by atoms with van der Waals surface area (Å²) < 4.78 is 0. The zero-order valence-corrected chi connectivity index (χ0v) is 9.18. The molecule has 0 amide bonds. The van der Waals surface area contributed by atoms with Crippen LogP contribution in [0.15, 0.2) is 24.5 Å². The predicted molar refractivity (Wildman–Crippen MR) is 58.3 cm³/mol. The van der Waals surface area contributed by atoms with Crippen molar-refractivity contribution < 1.29 is 0 Å². The maximum Gasteiger partial charge on any atom is 0.131 e. The molecule has 0 saturated heterocycles. The van der Waals surface area contributed by atoms with Crippen LogP contribution in [0, 0.1) is 0 Å². The van der Waals surface area contributed by atoms with E-state index in [1.807, 2.05) is 12.3 Å². The highest BCUT2D eigenvalue weighted by Crippen LogP contribution is 2.17. The maximum absolute atomic E-state index is 4.37. The molecule has 0 aliphatic rings. The van der Waals surface area contributed by atoms with Crippen molar-refractivity contribution >= 4 is 0 Å². The molecule has 0 unspecified atom stereocenters. The molecule has 0 radical (unpaired) electrons. The van der Waals surface area contributed by atoms with Crippen LogP contribution >= 0.6 is 0 Å². The summed E-state index contributed by atoms with van der Waals surface area (Å²) in [6.45, 7) is 4.30. The molecule has 0 atom stereocenters. The number of nitrogens with zero attached hydrogens (tertiary/aromatic N) is 4. The van der Waals surface area contributed by atoms with Gasteiger partial charge in [-0.05, 0) is 17.5 Å². The second kappa shape index (κ2) is 3.81. The second-order valence-electron chi connectivity index (χ2n) is 3.85. The largest absolute Gasteiger partial charge is 0.254 e. The fourth-order valence-corrected chi connectivity index (χ4v) is 1.36. The van der Waals surface area contributed by atoms with Crippen LogP contribution in [-0.2, 0) is 7.05 Å². The summed E-state index contributed by atoms with van der Waals surface area (Å²) >= 11 is 0. The normalized spacial score (nSPS) is 10.9. The van der Waals surface area contributed by atoms with Gasteiger partial charge in [0.15, 0.2) is 0 Å². The van der Waals surface area contributed by atoms with Crippen LogP contribution in [0.2, 0.25) is 0 Å². The van der Waals surface area contributed by atoms with Gasteiger partial charge in [0.25, 0.3) is 0 Å². The lowest BCUT2D eigenvalue weighted by Gasteiger charge is -2.04. The fourth-order valence-electron chi connectivity index (χ4n) is 1.36. The van der Waals surface area contributed by atoms with Crippen molar-refractivity contribution in [2.45, 2.75) is 19.8 Å². The SMILES string of the molecule is CC(C)c1ccc(-c2cnn(C)n2)nc1. The summed E-state index contributed by atoms with van der Waals surface area (Å²) in [5.74, 6) is 0.508. The smallest absolute Gasteiger partial charge is 0.131 e. The summed E-state index contributed by atoms with van der Waals surface area (Å²) in [4.78, 5) is 5.90. The van der Waals surface area contributed by atoms with Gasteiger partial charge < -0.3 is 0 Å². The molecule has 2 aromatic heterocycles. The lowest BCUT2D eigenvalue weighted by molar-refractivity contribution is 0.655. The molecule has 0 aromatic carbocycles. The quantitative estimate of drug-likeness (QED) is 0.748. The molecule has 0 aliphatic carbocycles. The fraction of sp³-hybridized carbons (Fsp3) is 0.364. The van der Waals surface area contributed by atoms with E-state index < -0.39 is 0 Å². The summed E-state index contributed by atoms with van der Waals surface area (Å²) in [6, 6.07) is 4.07. The van der Waals surface area contributed by atoms with E-state index >= 15 is 0 Å². The van der Waals surface area contributed by atoms with Crippen molar-refractivity contribution in [2.75, 3.05) is 0 Å². The Kier molecular flexibility index (Phi) is 2.49. The van der Waals surface area contributed by atoms with Crippen LogP contribution in [0.5, 0.6) is 0 Å². The Morgan fingerprint density at radius 1 is 1.13 bits per heavy atom. The van der Waals surface area contributed by atoms with Gasteiger partial charge in [0.05, 0.1) is 11.9 Å². The van der Waals surface area contributed by atoms with Crippen LogP contribution in [-0.4, -0.2) is 20.0 Å². The summed E-state index contributed by atoms with van der Waals surface area (Å²) in [5.41, 5.74) is 2.92. The number of rotatable bonds is 2. The van der Waals surface area contributed by atoms with E-state index in [-0.39, 0.29) is 0 Å². The van der Waals surface area contributed by atoms with E-state index in [1.54, 1.807) is 13.2 Å². The first-order valence-electron chi connectivity index (χ1n) is 4.99. The molecule has 4 nitrogen and oxygen atoms in total. The molecule has 0 fully saturated rings. The minimum absolute atomic E-state index is 0.508. The van der Waals surface area contributed by atoms with Gasteiger partial charge >= 0.3 is 0 Å². The molecular weight excluding hydrogens is 188 g/mol. The Morgan fingerprint density at radius 3 is 2.40 bits per heavy atom.